The molecule has 2 aromatic rings. The Morgan fingerprint density at radius 1 is 1.25 bits per heavy atom. The van der Waals surface area contributed by atoms with Gasteiger partial charge in [-0.1, -0.05) is 50.9 Å². The van der Waals surface area contributed by atoms with Crippen molar-refractivity contribution in [3.63, 3.8) is 0 Å². The van der Waals surface area contributed by atoms with E-state index in [4.69, 9.17) is 33.0 Å². The average Bonchev–Trinajstić information content (AvgIpc) is 3.29. The fraction of sp³-hybridized carbons (Fsp3) is 0.524. The van der Waals surface area contributed by atoms with Gasteiger partial charge in [0.05, 0.1) is 38.8 Å². The van der Waals surface area contributed by atoms with E-state index in [1.54, 1.807) is 12.1 Å². The first kappa shape index (κ1) is 21.2. The largest absolute Gasteiger partial charge is 0.376 e. The van der Waals surface area contributed by atoms with Gasteiger partial charge in [0.1, 0.15) is 0 Å². The SMILES string of the molecule is CC(C)c1nn(-c2ccc(Cl)c(Cl)c2)c(C(C)C)c1C(=O)NC[C@H]1CCCO1. The summed E-state index contributed by atoms with van der Waals surface area (Å²) in [5, 5.41) is 8.79. The van der Waals surface area contributed by atoms with Crippen LogP contribution in [0.2, 0.25) is 10.0 Å². The maximum atomic E-state index is 13.2. The summed E-state index contributed by atoms with van der Waals surface area (Å²) < 4.78 is 7.45. The van der Waals surface area contributed by atoms with Crippen LogP contribution in [0.3, 0.4) is 0 Å². The first-order chi connectivity index (χ1) is 13.3. The maximum absolute atomic E-state index is 13.2. The molecule has 0 aliphatic carbocycles. The van der Waals surface area contributed by atoms with Gasteiger partial charge in [0.2, 0.25) is 0 Å². The van der Waals surface area contributed by atoms with Crippen molar-refractivity contribution in [1.82, 2.24) is 15.1 Å². The molecule has 1 aliphatic rings. The lowest BCUT2D eigenvalue weighted by molar-refractivity contribution is 0.0855. The number of halogens is 2. The van der Waals surface area contributed by atoms with E-state index in [1.807, 2.05) is 24.6 Å². The molecule has 1 fully saturated rings. The lowest BCUT2D eigenvalue weighted by Gasteiger charge is -2.15. The standard InChI is InChI=1S/C21H27Cl2N3O2/c1-12(2)19-18(21(27)24-11-15-6-5-9-28-15)20(13(3)4)26(25-19)14-7-8-16(22)17(23)10-14/h7-8,10,12-13,15H,5-6,9,11H2,1-4H3,(H,24,27)/t15-/m1/s1. The first-order valence-electron chi connectivity index (χ1n) is 9.77. The summed E-state index contributed by atoms with van der Waals surface area (Å²) in [5.74, 6) is 0.0946. The van der Waals surface area contributed by atoms with Crippen molar-refractivity contribution in [3.8, 4) is 5.69 Å². The molecule has 1 amide bonds. The lowest BCUT2D eigenvalue weighted by Crippen LogP contribution is -2.33. The van der Waals surface area contributed by atoms with Gasteiger partial charge in [-0.3, -0.25) is 4.79 Å². The average molecular weight is 424 g/mol. The summed E-state index contributed by atoms with van der Waals surface area (Å²) in [4.78, 5) is 13.2. The van der Waals surface area contributed by atoms with E-state index >= 15 is 0 Å². The fourth-order valence-electron chi connectivity index (χ4n) is 3.53. The Bertz CT molecular complexity index is 856. The third kappa shape index (κ3) is 4.37. The molecule has 1 atom stereocenters. The van der Waals surface area contributed by atoms with E-state index in [-0.39, 0.29) is 23.8 Å². The van der Waals surface area contributed by atoms with Crippen molar-refractivity contribution < 1.29 is 9.53 Å². The van der Waals surface area contributed by atoms with Crippen LogP contribution < -0.4 is 5.32 Å². The van der Waals surface area contributed by atoms with E-state index in [0.29, 0.717) is 22.2 Å². The Balaban J connectivity index is 2.02. The molecule has 0 radical (unpaired) electrons. The van der Waals surface area contributed by atoms with Crippen LogP contribution in [-0.2, 0) is 4.74 Å². The molecular weight excluding hydrogens is 397 g/mol. The van der Waals surface area contributed by atoms with E-state index in [9.17, 15) is 4.79 Å². The van der Waals surface area contributed by atoms with Crippen LogP contribution in [0.5, 0.6) is 0 Å². The molecule has 152 valence electrons. The first-order valence-corrected chi connectivity index (χ1v) is 10.5. The quantitative estimate of drug-likeness (QED) is 0.682. The summed E-state index contributed by atoms with van der Waals surface area (Å²) in [6.07, 6.45) is 2.13. The second kappa shape index (κ2) is 8.85. The topological polar surface area (TPSA) is 56.2 Å². The highest BCUT2D eigenvalue weighted by molar-refractivity contribution is 6.42. The summed E-state index contributed by atoms with van der Waals surface area (Å²) in [7, 11) is 0. The molecule has 7 heteroatoms. The monoisotopic (exact) mass is 423 g/mol. The number of nitrogens with one attached hydrogen (secondary N) is 1. The molecule has 5 nitrogen and oxygen atoms in total. The minimum atomic E-state index is -0.103. The van der Waals surface area contributed by atoms with Crippen molar-refractivity contribution in [2.75, 3.05) is 13.2 Å². The predicted molar refractivity (Wildman–Crippen MR) is 113 cm³/mol. The number of amides is 1. The van der Waals surface area contributed by atoms with Gasteiger partial charge < -0.3 is 10.1 Å². The van der Waals surface area contributed by atoms with Gasteiger partial charge in [-0.15, -0.1) is 0 Å². The third-order valence-electron chi connectivity index (χ3n) is 4.93. The number of hydrogen-bond acceptors (Lipinski definition) is 3. The second-order valence-corrected chi connectivity index (χ2v) is 8.62. The molecule has 1 N–H and O–H groups in total. The van der Waals surface area contributed by atoms with E-state index in [0.717, 1.165) is 36.5 Å². The van der Waals surface area contributed by atoms with Gasteiger partial charge in [0, 0.05) is 13.2 Å². The Labute approximate surface area is 176 Å². The zero-order chi connectivity index (χ0) is 20.4. The third-order valence-corrected chi connectivity index (χ3v) is 5.67. The summed E-state index contributed by atoms with van der Waals surface area (Å²) in [6, 6.07) is 5.39. The zero-order valence-electron chi connectivity index (χ0n) is 16.8. The molecule has 3 rings (SSSR count). The molecular formula is C21H27Cl2N3O2. The zero-order valence-corrected chi connectivity index (χ0v) is 18.3. The Morgan fingerprint density at radius 2 is 2.00 bits per heavy atom. The molecule has 0 saturated carbocycles. The number of nitrogens with zero attached hydrogens (tertiary/aromatic N) is 2. The highest BCUT2D eigenvalue weighted by Gasteiger charge is 2.28. The minimum absolute atomic E-state index is 0.0953. The van der Waals surface area contributed by atoms with E-state index in [1.165, 1.54) is 0 Å². The van der Waals surface area contributed by atoms with Crippen LogP contribution in [0.4, 0.5) is 0 Å². The van der Waals surface area contributed by atoms with Gasteiger partial charge in [-0.2, -0.15) is 5.10 Å². The molecule has 1 saturated heterocycles. The summed E-state index contributed by atoms with van der Waals surface area (Å²) in [5.41, 5.74) is 3.08. The lowest BCUT2D eigenvalue weighted by atomic mass is 9.98. The molecule has 0 unspecified atom stereocenters. The Hall–Kier alpha value is -1.56. The molecule has 1 aliphatic heterocycles. The minimum Gasteiger partial charge on any atom is -0.376 e. The van der Waals surface area contributed by atoms with Crippen LogP contribution in [0.15, 0.2) is 18.2 Å². The smallest absolute Gasteiger partial charge is 0.255 e. The Kier molecular flexibility index (Phi) is 6.69. The molecule has 1 aromatic heterocycles. The molecule has 0 bridgehead atoms. The number of hydrogen-bond donors (Lipinski definition) is 1. The van der Waals surface area contributed by atoms with Crippen LogP contribution in [0.25, 0.3) is 5.69 Å². The van der Waals surface area contributed by atoms with Crippen molar-refractivity contribution in [2.45, 2.75) is 58.5 Å². The van der Waals surface area contributed by atoms with Crippen molar-refractivity contribution in [3.05, 3.63) is 45.2 Å². The number of carbonyl (C=O) groups is 1. The molecule has 0 spiro atoms. The maximum Gasteiger partial charge on any atom is 0.255 e. The van der Waals surface area contributed by atoms with Crippen LogP contribution in [-0.4, -0.2) is 34.9 Å². The number of aromatic nitrogens is 2. The van der Waals surface area contributed by atoms with E-state index in [2.05, 4.69) is 19.2 Å². The fourth-order valence-corrected chi connectivity index (χ4v) is 3.82. The van der Waals surface area contributed by atoms with Crippen LogP contribution in [0.1, 0.15) is 74.1 Å². The van der Waals surface area contributed by atoms with Crippen LogP contribution in [0, 0.1) is 0 Å². The van der Waals surface area contributed by atoms with Gasteiger partial charge in [-0.05, 0) is 42.9 Å². The van der Waals surface area contributed by atoms with Crippen LogP contribution >= 0.6 is 23.2 Å². The van der Waals surface area contributed by atoms with Crippen molar-refractivity contribution >= 4 is 29.1 Å². The van der Waals surface area contributed by atoms with Crippen molar-refractivity contribution in [1.29, 1.82) is 0 Å². The second-order valence-electron chi connectivity index (χ2n) is 7.81. The number of benzene rings is 1. The summed E-state index contributed by atoms with van der Waals surface area (Å²) >= 11 is 12.3. The van der Waals surface area contributed by atoms with Gasteiger partial charge in [-0.25, -0.2) is 4.68 Å². The number of rotatable bonds is 6. The van der Waals surface area contributed by atoms with E-state index < -0.39 is 0 Å². The molecule has 1 aromatic carbocycles. The predicted octanol–water partition coefficient (Wildman–Crippen LogP) is 5.33. The van der Waals surface area contributed by atoms with Crippen molar-refractivity contribution in [2.24, 2.45) is 0 Å². The van der Waals surface area contributed by atoms with Gasteiger partial charge in [0.15, 0.2) is 0 Å². The molecule has 28 heavy (non-hydrogen) atoms. The Morgan fingerprint density at radius 3 is 2.57 bits per heavy atom. The number of ether oxygens (including phenoxy) is 1. The number of carbonyl (C=O) groups excluding carboxylic acids is 1. The highest BCUT2D eigenvalue weighted by Crippen LogP contribution is 2.32. The highest BCUT2D eigenvalue weighted by atomic mass is 35.5. The molecule has 2 heterocycles. The van der Waals surface area contributed by atoms with Gasteiger partial charge >= 0.3 is 0 Å². The van der Waals surface area contributed by atoms with Gasteiger partial charge in [0.25, 0.3) is 5.91 Å². The normalized spacial score (nSPS) is 16.9. The summed E-state index contributed by atoms with van der Waals surface area (Å²) in [6.45, 7) is 9.50.